The van der Waals surface area contributed by atoms with E-state index in [0.29, 0.717) is 48.6 Å². The van der Waals surface area contributed by atoms with Gasteiger partial charge in [-0.05, 0) is 42.7 Å². The highest BCUT2D eigenvalue weighted by Gasteiger charge is 2.27. The summed E-state index contributed by atoms with van der Waals surface area (Å²) in [6, 6.07) is 16.3. The Morgan fingerprint density at radius 1 is 1.11 bits per heavy atom. The van der Waals surface area contributed by atoms with Gasteiger partial charge in [-0.3, -0.25) is 9.59 Å². The lowest BCUT2D eigenvalue weighted by Crippen LogP contribution is -2.42. The predicted molar refractivity (Wildman–Crippen MR) is 104 cm³/mol. The summed E-state index contributed by atoms with van der Waals surface area (Å²) in [5.41, 5.74) is 1.91. The number of piperidine rings is 1. The van der Waals surface area contributed by atoms with Gasteiger partial charge in [0, 0.05) is 24.0 Å². The number of hydrogen-bond acceptors (Lipinski definition) is 3. The Morgan fingerprint density at radius 3 is 2.44 bits per heavy atom. The molecule has 1 aliphatic rings. The van der Waals surface area contributed by atoms with Gasteiger partial charge in [-0.15, -0.1) is 0 Å². The SMILES string of the molecule is N#Cc1ccccc1NC(=O)C1CCN(C(=O)Cc2ccc(Cl)cc2)CC1. The third-order valence-corrected chi connectivity index (χ3v) is 5.04. The van der Waals surface area contributed by atoms with Gasteiger partial charge in [-0.2, -0.15) is 5.26 Å². The maximum Gasteiger partial charge on any atom is 0.227 e. The summed E-state index contributed by atoms with van der Waals surface area (Å²) in [6.45, 7) is 1.12. The van der Waals surface area contributed by atoms with E-state index in [9.17, 15) is 9.59 Å². The van der Waals surface area contributed by atoms with Gasteiger partial charge in [0.05, 0.1) is 17.7 Å². The van der Waals surface area contributed by atoms with Gasteiger partial charge in [0.2, 0.25) is 11.8 Å². The number of rotatable bonds is 4. The van der Waals surface area contributed by atoms with Gasteiger partial charge in [-0.25, -0.2) is 0 Å². The Hall–Kier alpha value is -2.84. The van der Waals surface area contributed by atoms with E-state index < -0.39 is 0 Å². The van der Waals surface area contributed by atoms with Gasteiger partial charge in [0.15, 0.2) is 0 Å². The molecule has 2 aromatic carbocycles. The Balaban J connectivity index is 1.52. The van der Waals surface area contributed by atoms with E-state index >= 15 is 0 Å². The fourth-order valence-electron chi connectivity index (χ4n) is 3.20. The van der Waals surface area contributed by atoms with Crippen LogP contribution in [0.3, 0.4) is 0 Å². The first kappa shape index (κ1) is 18.9. The number of hydrogen-bond donors (Lipinski definition) is 1. The molecule has 2 amide bonds. The van der Waals surface area contributed by atoms with E-state index in [-0.39, 0.29) is 17.7 Å². The molecule has 3 rings (SSSR count). The molecule has 6 heteroatoms. The molecule has 0 unspecified atom stereocenters. The van der Waals surface area contributed by atoms with Gasteiger partial charge in [0.25, 0.3) is 0 Å². The average molecular weight is 382 g/mol. The third-order valence-electron chi connectivity index (χ3n) is 4.79. The third kappa shape index (κ3) is 4.87. The minimum Gasteiger partial charge on any atom is -0.342 e. The van der Waals surface area contributed by atoms with Crippen LogP contribution in [0.25, 0.3) is 0 Å². The molecule has 138 valence electrons. The molecule has 0 saturated carbocycles. The zero-order chi connectivity index (χ0) is 19.2. The second-order valence-electron chi connectivity index (χ2n) is 6.60. The molecule has 1 N–H and O–H groups in total. The van der Waals surface area contributed by atoms with Crippen molar-refractivity contribution in [3.05, 3.63) is 64.7 Å². The summed E-state index contributed by atoms with van der Waals surface area (Å²) in [6.07, 6.45) is 1.57. The predicted octanol–water partition coefficient (Wildman–Crippen LogP) is 3.63. The molecule has 0 atom stereocenters. The molecule has 0 aliphatic carbocycles. The molecule has 1 heterocycles. The smallest absolute Gasteiger partial charge is 0.227 e. The van der Waals surface area contributed by atoms with E-state index in [1.54, 1.807) is 36.4 Å². The second kappa shape index (κ2) is 8.70. The number of para-hydroxylation sites is 1. The highest BCUT2D eigenvalue weighted by molar-refractivity contribution is 6.30. The summed E-state index contributed by atoms with van der Waals surface area (Å²) >= 11 is 5.87. The number of likely N-dealkylation sites (tertiary alicyclic amines) is 1. The topological polar surface area (TPSA) is 73.2 Å². The summed E-state index contributed by atoms with van der Waals surface area (Å²) < 4.78 is 0. The molecule has 1 saturated heterocycles. The highest BCUT2D eigenvalue weighted by Crippen LogP contribution is 2.22. The van der Waals surface area contributed by atoms with E-state index in [4.69, 9.17) is 16.9 Å². The van der Waals surface area contributed by atoms with Crippen molar-refractivity contribution in [2.45, 2.75) is 19.3 Å². The first-order valence-corrected chi connectivity index (χ1v) is 9.27. The van der Waals surface area contributed by atoms with Crippen molar-refractivity contribution in [1.29, 1.82) is 5.26 Å². The molecule has 0 aromatic heterocycles. The normalized spacial score (nSPS) is 14.4. The van der Waals surface area contributed by atoms with Crippen molar-refractivity contribution in [3.8, 4) is 6.07 Å². The number of nitrogens with zero attached hydrogens (tertiary/aromatic N) is 2. The van der Waals surface area contributed by atoms with Crippen molar-refractivity contribution in [1.82, 2.24) is 4.90 Å². The van der Waals surface area contributed by atoms with E-state index in [0.717, 1.165) is 5.56 Å². The summed E-state index contributed by atoms with van der Waals surface area (Å²) in [5.74, 6) is -0.190. The molecule has 0 spiro atoms. The van der Waals surface area contributed by atoms with Crippen molar-refractivity contribution in [2.24, 2.45) is 5.92 Å². The van der Waals surface area contributed by atoms with Crippen LogP contribution in [0.2, 0.25) is 5.02 Å². The van der Waals surface area contributed by atoms with Crippen LogP contribution in [0.15, 0.2) is 48.5 Å². The minimum absolute atomic E-state index is 0.0611. The molecule has 27 heavy (non-hydrogen) atoms. The Labute approximate surface area is 163 Å². The van der Waals surface area contributed by atoms with Crippen molar-refractivity contribution < 1.29 is 9.59 Å². The van der Waals surface area contributed by atoms with Crippen LogP contribution in [0, 0.1) is 17.2 Å². The van der Waals surface area contributed by atoms with Crippen LogP contribution in [-0.4, -0.2) is 29.8 Å². The molecule has 1 fully saturated rings. The number of nitrogens with one attached hydrogen (secondary N) is 1. The van der Waals surface area contributed by atoms with Crippen molar-refractivity contribution >= 4 is 29.1 Å². The number of anilines is 1. The molecule has 5 nitrogen and oxygen atoms in total. The van der Waals surface area contributed by atoms with Crippen LogP contribution in [0.4, 0.5) is 5.69 Å². The van der Waals surface area contributed by atoms with Crippen LogP contribution in [-0.2, 0) is 16.0 Å². The Bertz CT molecular complexity index is 866. The lowest BCUT2D eigenvalue weighted by atomic mass is 9.95. The largest absolute Gasteiger partial charge is 0.342 e. The van der Waals surface area contributed by atoms with Crippen LogP contribution >= 0.6 is 11.6 Å². The number of carbonyl (C=O) groups excluding carboxylic acids is 2. The van der Waals surface area contributed by atoms with E-state index in [2.05, 4.69) is 11.4 Å². The monoisotopic (exact) mass is 381 g/mol. The molecule has 2 aromatic rings. The van der Waals surface area contributed by atoms with Crippen molar-refractivity contribution in [3.63, 3.8) is 0 Å². The molecule has 1 aliphatic heterocycles. The second-order valence-corrected chi connectivity index (χ2v) is 7.04. The Morgan fingerprint density at radius 2 is 1.78 bits per heavy atom. The lowest BCUT2D eigenvalue weighted by Gasteiger charge is -2.31. The Kier molecular flexibility index (Phi) is 6.10. The first-order valence-electron chi connectivity index (χ1n) is 8.89. The number of nitriles is 1. The minimum atomic E-state index is -0.156. The fraction of sp³-hybridized carbons (Fsp3) is 0.286. The van der Waals surface area contributed by atoms with E-state index in [1.807, 2.05) is 17.0 Å². The zero-order valence-corrected chi connectivity index (χ0v) is 15.6. The molecule has 0 radical (unpaired) electrons. The summed E-state index contributed by atoms with van der Waals surface area (Å²) in [7, 11) is 0. The summed E-state index contributed by atoms with van der Waals surface area (Å²) in [4.78, 5) is 26.8. The maximum atomic E-state index is 12.5. The fourth-order valence-corrected chi connectivity index (χ4v) is 3.33. The lowest BCUT2D eigenvalue weighted by molar-refractivity contribution is -0.133. The zero-order valence-electron chi connectivity index (χ0n) is 14.8. The van der Waals surface area contributed by atoms with Gasteiger partial charge in [0.1, 0.15) is 6.07 Å². The maximum absolute atomic E-state index is 12.5. The van der Waals surface area contributed by atoms with Crippen LogP contribution in [0.1, 0.15) is 24.0 Å². The van der Waals surface area contributed by atoms with Gasteiger partial charge >= 0.3 is 0 Å². The quantitative estimate of drug-likeness (QED) is 0.878. The summed E-state index contributed by atoms with van der Waals surface area (Å²) in [5, 5.41) is 12.6. The standard InChI is InChI=1S/C21H20ClN3O2/c22-18-7-5-15(6-8-18)13-20(26)25-11-9-16(10-12-25)21(27)24-19-4-2-1-3-17(19)14-23/h1-8,16H,9-13H2,(H,24,27). The number of carbonyl (C=O) groups is 2. The van der Waals surface area contributed by atoms with Crippen LogP contribution < -0.4 is 5.32 Å². The first-order chi connectivity index (χ1) is 13.1. The molecular weight excluding hydrogens is 362 g/mol. The molecule has 0 bridgehead atoms. The number of benzene rings is 2. The van der Waals surface area contributed by atoms with Crippen LogP contribution in [0.5, 0.6) is 0 Å². The van der Waals surface area contributed by atoms with E-state index in [1.165, 1.54) is 0 Å². The number of halogens is 1. The molecular formula is C21H20ClN3O2. The highest BCUT2D eigenvalue weighted by atomic mass is 35.5. The number of amides is 2. The van der Waals surface area contributed by atoms with Crippen molar-refractivity contribution in [2.75, 3.05) is 18.4 Å². The van der Waals surface area contributed by atoms with Gasteiger partial charge < -0.3 is 10.2 Å². The average Bonchev–Trinajstić information content (AvgIpc) is 2.70. The van der Waals surface area contributed by atoms with Gasteiger partial charge in [-0.1, -0.05) is 35.9 Å².